The Morgan fingerprint density at radius 2 is 1.81 bits per heavy atom. The molecule has 0 saturated carbocycles. The van der Waals surface area contributed by atoms with E-state index in [0.29, 0.717) is 5.52 Å². The van der Waals surface area contributed by atoms with Crippen molar-refractivity contribution in [2.75, 3.05) is 5.32 Å². The Hall–Kier alpha value is -2.76. The van der Waals surface area contributed by atoms with E-state index in [0.717, 1.165) is 17.6 Å². The zero-order valence-corrected chi connectivity index (χ0v) is 10.9. The summed E-state index contributed by atoms with van der Waals surface area (Å²) in [5.74, 6) is -1.78. The van der Waals surface area contributed by atoms with Crippen molar-refractivity contribution in [3.8, 4) is 0 Å². The molecule has 0 radical (unpaired) electrons. The lowest BCUT2D eigenvalue weighted by atomic mass is 10.1. The summed E-state index contributed by atoms with van der Waals surface area (Å²) in [5.41, 5.74) is 1.21. The Morgan fingerprint density at radius 3 is 2.52 bits per heavy atom. The van der Waals surface area contributed by atoms with Crippen LogP contribution in [-0.4, -0.2) is 15.9 Å². The largest absolute Gasteiger partial charge is 0.324 e. The molecular weight excluding hydrogens is 276 g/mol. The number of carbonyl (C=O) groups excluding carboxylic acids is 1. The third-order valence-corrected chi connectivity index (χ3v) is 3.05. The predicted molar refractivity (Wildman–Crippen MR) is 74.8 cm³/mol. The molecule has 0 atom stereocenters. The zero-order valence-electron chi connectivity index (χ0n) is 10.9. The molecule has 0 fully saturated rings. The number of para-hydroxylation sites is 2. The van der Waals surface area contributed by atoms with Gasteiger partial charge in [0.25, 0.3) is 0 Å². The number of aromatic nitrogens is 2. The second kappa shape index (κ2) is 5.32. The van der Waals surface area contributed by atoms with Gasteiger partial charge in [-0.3, -0.25) is 10.1 Å². The molecule has 0 unspecified atom stereocenters. The molecule has 0 saturated heterocycles. The van der Waals surface area contributed by atoms with Crippen molar-refractivity contribution in [3.05, 3.63) is 59.7 Å². The lowest BCUT2D eigenvalue weighted by molar-refractivity contribution is -0.115. The molecule has 1 aromatic heterocycles. The fourth-order valence-corrected chi connectivity index (χ4v) is 2.05. The maximum atomic E-state index is 13.5. The predicted octanol–water partition coefficient (Wildman–Crippen LogP) is 3.02. The summed E-state index contributed by atoms with van der Waals surface area (Å²) in [6, 6.07) is 10.8. The minimum Gasteiger partial charge on any atom is -0.324 e. The Kier molecular flexibility index (Phi) is 3.35. The van der Waals surface area contributed by atoms with E-state index in [9.17, 15) is 13.6 Å². The number of halogens is 2. The van der Waals surface area contributed by atoms with Gasteiger partial charge in [0, 0.05) is 5.56 Å². The first-order valence-corrected chi connectivity index (χ1v) is 6.31. The van der Waals surface area contributed by atoms with E-state index < -0.39 is 24.0 Å². The number of fused-ring (bicyclic) bond motifs is 1. The van der Waals surface area contributed by atoms with Gasteiger partial charge in [-0.25, -0.2) is 13.8 Å². The molecule has 2 N–H and O–H groups in total. The Morgan fingerprint density at radius 1 is 1.10 bits per heavy atom. The van der Waals surface area contributed by atoms with Crippen LogP contribution < -0.4 is 5.32 Å². The van der Waals surface area contributed by atoms with Crippen LogP contribution in [0, 0.1) is 11.6 Å². The monoisotopic (exact) mass is 287 g/mol. The van der Waals surface area contributed by atoms with Crippen molar-refractivity contribution in [2.24, 2.45) is 0 Å². The van der Waals surface area contributed by atoms with E-state index in [2.05, 4.69) is 15.3 Å². The van der Waals surface area contributed by atoms with Crippen LogP contribution in [0.1, 0.15) is 5.56 Å². The summed E-state index contributed by atoms with van der Waals surface area (Å²) < 4.78 is 26.9. The second-order valence-corrected chi connectivity index (χ2v) is 4.53. The number of aromatic amines is 1. The SMILES string of the molecule is O=C(Cc1c(F)cccc1F)Nc1nc2ccccc2[nH]1. The van der Waals surface area contributed by atoms with Gasteiger partial charge < -0.3 is 4.98 Å². The highest BCUT2D eigenvalue weighted by atomic mass is 19.1. The number of benzene rings is 2. The normalized spacial score (nSPS) is 10.8. The fraction of sp³-hybridized carbons (Fsp3) is 0.0667. The first kappa shape index (κ1) is 13.2. The quantitative estimate of drug-likeness (QED) is 0.778. The third kappa shape index (κ3) is 2.74. The van der Waals surface area contributed by atoms with E-state index in [1.54, 1.807) is 6.07 Å². The van der Waals surface area contributed by atoms with Crippen molar-refractivity contribution >= 4 is 22.9 Å². The van der Waals surface area contributed by atoms with Crippen LogP contribution in [0.4, 0.5) is 14.7 Å². The van der Waals surface area contributed by atoms with Crippen LogP contribution in [0.15, 0.2) is 42.5 Å². The van der Waals surface area contributed by atoms with E-state index in [1.165, 1.54) is 6.07 Å². The van der Waals surface area contributed by atoms with Crippen molar-refractivity contribution in [1.82, 2.24) is 9.97 Å². The Bertz CT molecular complexity index is 760. The minimum absolute atomic E-state index is 0.248. The molecule has 21 heavy (non-hydrogen) atoms. The van der Waals surface area contributed by atoms with Gasteiger partial charge in [0.2, 0.25) is 11.9 Å². The maximum absolute atomic E-state index is 13.5. The van der Waals surface area contributed by atoms with E-state index >= 15 is 0 Å². The summed E-state index contributed by atoms with van der Waals surface area (Å²) in [6.07, 6.45) is -0.393. The van der Waals surface area contributed by atoms with Crippen LogP contribution in [0.25, 0.3) is 11.0 Å². The van der Waals surface area contributed by atoms with Gasteiger partial charge >= 0.3 is 0 Å². The number of hydrogen-bond donors (Lipinski definition) is 2. The van der Waals surface area contributed by atoms with E-state index in [-0.39, 0.29) is 11.5 Å². The average molecular weight is 287 g/mol. The minimum atomic E-state index is -0.741. The highest BCUT2D eigenvalue weighted by molar-refractivity contribution is 5.92. The smallest absolute Gasteiger partial charge is 0.231 e. The number of nitrogens with zero attached hydrogens (tertiary/aromatic N) is 1. The molecule has 0 aliphatic carbocycles. The second-order valence-electron chi connectivity index (χ2n) is 4.53. The third-order valence-electron chi connectivity index (χ3n) is 3.05. The summed E-state index contributed by atoms with van der Waals surface area (Å²) >= 11 is 0. The summed E-state index contributed by atoms with van der Waals surface area (Å²) in [7, 11) is 0. The lowest BCUT2D eigenvalue weighted by Crippen LogP contribution is -2.17. The standard InChI is InChI=1S/C15H11F2N3O/c16-10-4-3-5-11(17)9(10)8-14(21)20-15-18-12-6-1-2-7-13(12)19-15/h1-7H,8H2,(H2,18,19,20,21). The first-order chi connectivity index (χ1) is 10.1. The van der Waals surface area contributed by atoms with Gasteiger partial charge in [-0.1, -0.05) is 18.2 Å². The van der Waals surface area contributed by atoms with Gasteiger partial charge in [-0.15, -0.1) is 0 Å². The highest BCUT2D eigenvalue weighted by Crippen LogP contribution is 2.15. The zero-order chi connectivity index (χ0) is 14.8. The van der Waals surface area contributed by atoms with Gasteiger partial charge in [0.1, 0.15) is 11.6 Å². The number of anilines is 1. The van der Waals surface area contributed by atoms with Crippen LogP contribution in [0.3, 0.4) is 0 Å². The van der Waals surface area contributed by atoms with Gasteiger partial charge in [0.05, 0.1) is 17.5 Å². The molecule has 1 amide bonds. The highest BCUT2D eigenvalue weighted by Gasteiger charge is 2.14. The Balaban J connectivity index is 1.77. The maximum Gasteiger partial charge on any atom is 0.231 e. The van der Waals surface area contributed by atoms with Gasteiger partial charge in [0.15, 0.2) is 0 Å². The molecule has 0 aliphatic heterocycles. The van der Waals surface area contributed by atoms with Gasteiger partial charge in [-0.05, 0) is 24.3 Å². The Labute approximate surface area is 118 Å². The number of carbonyl (C=O) groups is 1. The van der Waals surface area contributed by atoms with E-state index in [1.807, 2.05) is 18.2 Å². The molecule has 0 spiro atoms. The summed E-state index contributed by atoms with van der Waals surface area (Å²) in [6.45, 7) is 0. The lowest BCUT2D eigenvalue weighted by Gasteiger charge is -2.04. The molecular formula is C15H11F2N3O. The number of nitrogens with one attached hydrogen (secondary N) is 2. The molecule has 4 nitrogen and oxygen atoms in total. The number of rotatable bonds is 3. The molecule has 106 valence electrons. The van der Waals surface area contributed by atoms with E-state index in [4.69, 9.17) is 0 Å². The molecule has 6 heteroatoms. The number of imidazole rings is 1. The molecule has 0 bridgehead atoms. The first-order valence-electron chi connectivity index (χ1n) is 6.31. The number of hydrogen-bond acceptors (Lipinski definition) is 2. The van der Waals surface area contributed by atoms with Crippen molar-refractivity contribution in [2.45, 2.75) is 6.42 Å². The molecule has 0 aliphatic rings. The van der Waals surface area contributed by atoms with Gasteiger partial charge in [-0.2, -0.15) is 0 Å². The number of amides is 1. The van der Waals surface area contributed by atoms with Crippen molar-refractivity contribution in [1.29, 1.82) is 0 Å². The van der Waals surface area contributed by atoms with Crippen LogP contribution in [0.5, 0.6) is 0 Å². The molecule has 3 aromatic rings. The topological polar surface area (TPSA) is 57.8 Å². The molecule has 2 aromatic carbocycles. The van der Waals surface area contributed by atoms with Crippen molar-refractivity contribution in [3.63, 3.8) is 0 Å². The van der Waals surface area contributed by atoms with Crippen LogP contribution in [0.2, 0.25) is 0 Å². The average Bonchev–Trinajstić information content (AvgIpc) is 2.85. The molecule has 1 heterocycles. The molecule has 3 rings (SSSR count). The fourth-order valence-electron chi connectivity index (χ4n) is 2.05. The summed E-state index contributed by atoms with van der Waals surface area (Å²) in [4.78, 5) is 18.9. The summed E-state index contributed by atoms with van der Waals surface area (Å²) in [5, 5.41) is 2.50. The number of H-pyrrole nitrogens is 1. The van der Waals surface area contributed by atoms with Crippen LogP contribution >= 0.6 is 0 Å². The van der Waals surface area contributed by atoms with Crippen molar-refractivity contribution < 1.29 is 13.6 Å². The van der Waals surface area contributed by atoms with Crippen LogP contribution in [-0.2, 0) is 11.2 Å².